The summed E-state index contributed by atoms with van der Waals surface area (Å²) < 4.78 is 18.9. The van der Waals surface area contributed by atoms with Crippen LogP contribution in [0.4, 0.5) is 16.2 Å². The van der Waals surface area contributed by atoms with E-state index < -0.39 is 6.29 Å². The number of hydrogen-bond donors (Lipinski definition) is 3. The molecule has 0 aliphatic carbocycles. The molecular formula is C36H34N4O5S. The van der Waals surface area contributed by atoms with Gasteiger partial charge in [-0.1, -0.05) is 73.3 Å². The zero-order valence-electron chi connectivity index (χ0n) is 25.2. The normalized spacial score (nSPS) is 19.3. The maximum atomic E-state index is 12.7. The van der Waals surface area contributed by atoms with Crippen LogP contribution in [0.25, 0.3) is 0 Å². The molecule has 2 heterocycles. The number of ether oxygens (including phenoxy) is 3. The van der Waals surface area contributed by atoms with E-state index in [4.69, 9.17) is 14.2 Å². The molecular weight excluding hydrogens is 600 g/mol. The zero-order chi connectivity index (χ0) is 31.7. The minimum Gasteiger partial charge on any atom is -0.457 e. The van der Waals surface area contributed by atoms with Gasteiger partial charge in [0.05, 0.1) is 18.8 Å². The first-order valence-corrected chi connectivity index (χ1v) is 15.9. The number of hydrogen-bond acceptors (Lipinski definition) is 8. The Morgan fingerprint density at radius 2 is 1.39 bits per heavy atom. The van der Waals surface area contributed by atoms with Gasteiger partial charge in [-0.05, 0) is 65.7 Å². The summed E-state index contributed by atoms with van der Waals surface area (Å²) in [6, 6.07) is 33.4. The average Bonchev–Trinajstić information content (AvgIpc) is 3.10. The predicted octanol–water partition coefficient (Wildman–Crippen LogP) is 7.99. The Hall–Kier alpha value is -4.74. The quantitative estimate of drug-likeness (QED) is 0.105. The molecule has 4 unspecified atom stereocenters. The Bertz CT molecular complexity index is 1690. The number of aliphatic hydroxyl groups is 1. The van der Waals surface area contributed by atoms with E-state index in [1.54, 1.807) is 54.5 Å². The molecule has 6 rings (SSSR count). The second kappa shape index (κ2) is 15.0. The number of anilines is 2. The lowest BCUT2D eigenvalue weighted by molar-refractivity contribution is -0.268. The molecule has 4 aromatic carbocycles. The van der Waals surface area contributed by atoms with E-state index in [-0.39, 0.29) is 30.8 Å². The maximum absolute atomic E-state index is 12.7. The van der Waals surface area contributed by atoms with E-state index >= 15 is 0 Å². The lowest BCUT2D eigenvalue weighted by atomic mass is 9.91. The van der Waals surface area contributed by atoms with Crippen LogP contribution in [0.3, 0.4) is 0 Å². The molecule has 9 nitrogen and oxygen atoms in total. The lowest BCUT2D eigenvalue weighted by Crippen LogP contribution is -2.38. The molecule has 1 aliphatic rings. The molecule has 1 saturated heterocycles. The SMILES string of the molecule is CC1C(CSc2ncccn2)OC(c2ccc(NC(=O)Nc3ccc(Oc4ccccc4)cc3)cc2)OC1c1ccc(CO)cc1. The number of nitrogens with zero attached hydrogens (tertiary/aromatic N) is 2. The molecule has 0 saturated carbocycles. The number of carbonyl (C=O) groups is 1. The summed E-state index contributed by atoms with van der Waals surface area (Å²) in [5.41, 5.74) is 3.94. The van der Waals surface area contributed by atoms with Gasteiger partial charge in [-0.25, -0.2) is 14.8 Å². The Morgan fingerprint density at radius 3 is 2.04 bits per heavy atom. The van der Waals surface area contributed by atoms with Crippen LogP contribution in [0.1, 0.15) is 36.0 Å². The summed E-state index contributed by atoms with van der Waals surface area (Å²) in [6.07, 6.45) is 2.45. The van der Waals surface area contributed by atoms with Crippen molar-refractivity contribution >= 4 is 29.2 Å². The zero-order valence-corrected chi connectivity index (χ0v) is 26.0. The van der Waals surface area contributed by atoms with Crippen molar-refractivity contribution in [3.63, 3.8) is 0 Å². The van der Waals surface area contributed by atoms with Gasteiger partial charge in [0.1, 0.15) is 11.5 Å². The summed E-state index contributed by atoms with van der Waals surface area (Å²) >= 11 is 1.54. The van der Waals surface area contributed by atoms with E-state index in [9.17, 15) is 9.90 Å². The van der Waals surface area contributed by atoms with Gasteiger partial charge in [0.2, 0.25) is 0 Å². The third-order valence-corrected chi connectivity index (χ3v) is 8.54. The van der Waals surface area contributed by atoms with E-state index in [0.29, 0.717) is 28.0 Å². The van der Waals surface area contributed by atoms with Crippen LogP contribution < -0.4 is 15.4 Å². The number of carbonyl (C=O) groups excluding carboxylic acids is 1. The number of amides is 2. The third kappa shape index (κ3) is 8.09. The fourth-order valence-corrected chi connectivity index (χ4v) is 6.04. The van der Waals surface area contributed by atoms with Crippen molar-refractivity contribution < 1.29 is 24.1 Å². The van der Waals surface area contributed by atoms with Gasteiger partial charge in [0, 0.05) is 41.0 Å². The highest BCUT2D eigenvalue weighted by Crippen LogP contribution is 2.43. The molecule has 10 heteroatoms. The Labute approximate surface area is 272 Å². The summed E-state index contributed by atoms with van der Waals surface area (Å²) in [6.45, 7) is 2.10. The highest BCUT2D eigenvalue weighted by molar-refractivity contribution is 7.99. The van der Waals surface area contributed by atoms with Crippen molar-refractivity contribution in [3.05, 3.63) is 138 Å². The molecule has 3 N–H and O–H groups in total. The first-order chi connectivity index (χ1) is 22.5. The maximum Gasteiger partial charge on any atom is 0.323 e. The van der Waals surface area contributed by atoms with Crippen molar-refractivity contribution in [2.75, 3.05) is 16.4 Å². The number of thioether (sulfide) groups is 1. The molecule has 2 amide bonds. The van der Waals surface area contributed by atoms with E-state index in [1.807, 2.05) is 78.9 Å². The van der Waals surface area contributed by atoms with Crippen LogP contribution in [0.15, 0.2) is 127 Å². The minimum atomic E-state index is -0.625. The van der Waals surface area contributed by atoms with Crippen LogP contribution in [0.2, 0.25) is 0 Å². The van der Waals surface area contributed by atoms with Gasteiger partial charge in [-0.15, -0.1) is 0 Å². The first-order valence-electron chi connectivity index (χ1n) is 15.0. The molecule has 0 radical (unpaired) electrons. The van der Waals surface area contributed by atoms with Crippen LogP contribution in [0.5, 0.6) is 11.5 Å². The molecule has 1 aromatic heterocycles. The number of benzene rings is 4. The molecule has 1 fully saturated rings. The number of rotatable bonds is 10. The van der Waals surface area contributed by atoms with Crippen molar-refractivity contribution in [2.24, 2.45) is 5.92 Å². The second-order valence-corrected chi connectivity index (χ2v) is 11.8. The van der Waals surface area contributed by atoms with Gasteiger partial charge in [0.15, 0.2) is 11.4 Å². The smallest absolute Gasteiger partial charge is 0.323 e. The second-order valence-electron chi connectivity index (χ2n) is 10.8. The van der Waals surface area contributed by atoms with Gasteiger partial charge in [0.25, 0.3) is 0 Å². The number of para-hydroxylation sites is 1. The molecule has 234 valence electrons. The van der Waals surface area contributed by atoms with Gasteiger partial charge >= 0.3 is 6.03 Å². The first kappa shape index (κ1) is 31.3. The fourth-order valence-electron chi connectivity index (χ4n) is 5.07. The predicted molar refractivity (Wildman–Crippen MR) is 178 cm³/mol. The summed E-state index contributed by atoms with van der Waals surface area (Å²) in [5.74, 6) is 2.10. The number of aliphatic hydroxyl groups excluding tert-OH is 1. The minimum absolute atomic E-state index is 0.0160. The topological polar surface area (TPSA) is 115 Å². The van der Waals surface area contributed by atoms with Gasteiger partial charge < -0.3 is 30.0 Å². The summed E-state index contributed by atoms with van der Waals surface area (Å²) in [7, 11) is 0. The van der Waals surface area contributed by atoms with E-state index in [0.717, 1.165) is 22.4 Å². The summed E-state index contributed by atoms with van der Waals surface area (Å²) in [5, 5.41) is 15.9. The Morgan fingerprint density at radius 1 is 0.783 bits per heavy atom. The molecule has 4 atom stereocenters. The highest BCUT2D eigenvalue weighted by Gasteiger charge is 2.38. The molecule has 1 aliphatic heterocycles. The molecule has 5 aromatic rings. The standard InChI is InChI=1S/C36H34N4O5S/c1-24-32(23-46-36-37-20-5-21-38-36)44-34(45-33(24)26-10-8-25(22-41)9-11-26)27-12-14-28(15-13-27)39-35(42)40-29-16-18-31(19-17-29)43-30-6-3-2-4-7-30/h2-21,24,32-34,41H,22-23H2,1H3,(H2,39,40,42). The largest absolute Gasteiger partial charge is 0.457 e. The van der Waals surface area contributed by atoms with Crippen LogP contribution in [-0.2, 0) is 16.1 Å². The van der Waals surface area contributed by atoms with E-state index in [1.165, 1.54) is 0 Å². The van der Waals surface area contributed by atoms with Crippen molar-refractivity contribution in [1.82, 2.24) is 9.97 Å². The third-order valence-electron chi connectivity index (χ3n) is 7.57. The monoisotopic (exact) mass is 634 g/mol. The lowest BCUT2D eigenvalue weighted by Gasteiger charge is -2.41. The van der Waals surface area contributed by atoms with Crippen LogP contribution >= 0.6 is 11.8 Å². The Kier molecular flexibility index (Phi) is 10.2. The van der Waals surface area contributed by atoms with Crippen LogP contribution in [0, 0.1) is 5.92 Å². The van der Waals surface area contributed by atoms with Crippen LogP contribution in [-0.4, -0.2) is 33.0 Å². The van der Waals surface area contributed by atoms with Gasteiger partial charge in [-0.2, -0.15) is 0 Å². The van der Waals surface area contributed by atoms with Crippen molar-refractivity contribution in [2.45, 2.75) is 37.2 Å². The van der Waals surface area contributed by atoms with E-state index in [2.05, 4.69) is 27.5 Å². The Balaban J connectivity index is 1.10. The number of aromatic nitrogens is 2. The van der Waals surface area contributed by atoms with Crippen molar-refractivity contribution in [3.8, 4) is 11.5 Å². The number of urea groups is 1. The average molecular weight is 635 g/mol. The fraction of sp³-hybridized carbons (Fsp3) is 0.194. The molecule has 0 bridgehead atoms. The molecule has 46 heavy (non-hydrogen) atoms. The molecule has 0 spiro atoms. The van der Waals surface area contributed by atoms with Gasteiger partial charge in [-0.3, -0.25) is 0 Å². The number of nitrogens with one attached hydrogen (secondary N) is 2. The highest BCUT2D eigenvalue weighted by atomic mass is 32.2. The van der Waals surface area contributed by atoms with Crippen molar-refractivity contribution in [1.29, 1.82) is 0 Å². The summed E-state index contributed by atoms with van der Waals surface area (Å²) in [4.78, 5) is 21.4.